The van der Waals surface area contributed by atoms with E-state index in [1.165, 1.54) is 0 Å². The molecule has 86 valence electrons. The minimum atomic E-state index is 0.215. The van der Waals surface area contributed by atoms with E-state index in [4.69, 9.17) is 4.74 Å². The average molecular weight is 217 g/mol. The first-order chi connectivity index (χ1) is 7.72. The molecule has 0 radical (unpaired) electrons. The van der Waals surface area contributed by atoms with Crippen molar-refractivity contribution in [1.82, 2.24) is 5.32 Å². The Labute approximate surface area is 98.0 Å². The van der Waals surface area contributed by atoms with Crippen LogP contribution in [0.4, 0.5) is 0 Å². The maximum Gasteiger partial charge on any atom is 0.119 e. The van der Waals surface area contributed by atoms with Crippen molar-refractivity contribution in [3.8, 4) is 17.6 Å². The topological polar surface area (TPSA) is 21.3 Å². The van der Waals surface area contributed by atoms with Crippen molar-refractivity contribution < 1.29 is 4.74 Å². The minimum absolute atomic E-state index is 0.215. The molecular formula is C14H19NO. The van der Waals surface area contributed by atoms with Gasteiger partial charge in [-0.25, -0.2) is 0 Å². The normalized spacial score (nSPS) is 9.75. The summed E-state index contributed by atoms with van der Waals surface area (Å²) in [7, 11) is 1.93. The Morgan fingerprint density at radius 3 is 2.50 bits per heavy atom. The third-order valence-electron chi connectivity index (χ3n) is 1.96. The van der Waals surface area contributed by atoms with E-state index >= 15 is 0 Å². The first-order valence-corrected chi connectivity index (χ1v) is 5.62. The SMILES string of the molecule is CNCCC#Cc1ccc(OC(C)C)cc1. The average Bonchev–Trinajstić information content (AvgIpc) is 2.26. The van der Waals surface area contributed by atoms with Gasteiger partial charge in [-0.1, -0.05) is 11.8 Å². The van der Waals surface area contributed by atoms with Gasteiger partial charge in [0, 0.05) is 18.5 Å². The second kappa shape index (κ2) is 6.92. The molecule has 1 rings (SSSR count). The van der Waals surface area contributed by atoms with Gasteiger partial charge >= 0.3 is 0 Å². The summed E-state index contributed by atoms with van der Waals surface area (Å²) in [6, 6.07) is 7.90. The lowest BCUT2D eigenvalue weighted by Crippen LogP contribution is -2.06. The molecule has 0 atom stereocenters. The smallest absolute Gasteiger partial charge is 0.119 e. The van der Waals surface area contributed by atoms with Crippen molar-refractivity contribution in [3.63, 3.8) is 0 Å². The van der Waals surface area contributed by atoms with Gasteiger partial charge in [-0.15, -0.1) is 0 Å². The van der Waals surface area contributed by atoms with Crippen molar-refractivity contribution in [2.24, 2.45) is 0 Å². The van der Waals surface area contributed by atoms with Gasteiger partial charge in [0.2, 0.25) is 0 Å². The lowest BCUT2D eigenvalue weighted by molar-refractivity contribution is 0.242. The summed E-state index contributed by atoms with van der Waals surface area (Å²) >= 11 is 0. The zero-order chi connectivity index (χ0) is 11.8. The summed E-state index contributed by atoms with van der Waals surface area (Å²) in [5.41, 5.74) is 1.03. The van der Waals surface area contributed by atoms with Crippen LogP contribution in [0.2, 0.25) is 0 Å². The molecule has 0 fully saturated rings. The molecule has 1 aromatic carbocycles. The quantitative estimate of drug-likeness (QED) is 0.618. The fourth-order valence-corrected chi connectivity index (χ4v) is 1.24. The molecular weight excluding hydrogens is 198 g/mol. The number of ether oxygens (including phenoxy) is 1. The van der Waals surface area contributed by atoms with Gasteiger partial charge in [-0.05, 0) is 45.2 Å². The molecule has 0 aliphatic carbocycles. The largest absolute Gasteiger partial charge is 0.491 e. The fourth-order valence-electron chi connectivity index (χ4n) is 1.24. The van der Waals surface area contributed by atoms with Crippen molar-refractivity contribution in [1.29, 1.82) is 0 Å². The Kier molecular flexibility index (Phi) is 5.45. The van der Waals surface area contributed by atoms with Gasteiger partial charge < -0.3 is 10.1 Å². The predicted octanol–water partition coefficient (Wildman–Crippen LogP) is 2.43. The summed E-state index contributed by atoms with van der Waals surface area (Å²) in [5, 5.41) is 3.06. The molecule has 0 saturated carbocycles. The third kappa shape index (κ3) is 4.86. The molecule has 2 nitrogen and oxygen atoms in total. The molecule has 1 aromatic rings. The molecule has 0 unspecified atom stereocenters. The number of benzene rings is 1. The molecule has 0 amide bonds. The van der Waals surface area contributed by atoms with Gasteiger partial charge in [0.15, 0.2) is 0 Å². The molecule has 0 saturated heterocycles. The van der Waals surface area contributed by atoms with Crippen LogP contribution in [0.3, 0.4) is 0 Å². The van der Waals surface area contributed by atoms with Gasteiger partial charge in [-0.3, -0.25) is 0 Å². The van der Waals surface area contributed by atoms with Crippen LogP contribution in [0.15, 0.2) is 24.3 Å². The summed E-state index contributed by atoms with van der Waals surface area (Å²) in [6.07, 6.45) is 1.09. The summed E-state index contributed by atoms with van der Waals surface area (Å²) < 4.78 is 5.55. The fraction of sp³-hybridized carbons (Fsp3) is 0.429. The highest BCUT2D eigenvalue weighted by molar-refractivity contribution is 5.38. The third-order valence-corrected chi connectivity index (χ3v) is 1.96. The van der Waals surface area contributed by atoms with Gasteiger partial charge in [-0.2, -0.15) is 0 Å². The van der Waals surface area contributed by atoms with Crippen LogP contribution >= 0.6 is 0 Å². The summed E-state index contributed by atoms with van der Waals surface area (Å²) in [5.74, 6) is 7.12. The van der Waals surface area contributed by atoms with E-state index in [-0.39, 0.29) is 6.10 Å². The molecule has 16 heavy (non-hydrogen) atoms. The summed E-state index contributed by atoms with van der Waals surface area (Å²) in [6.45, 7) is 4.97. The maximum absolute atomic E-state index is 5.55. The zero-order valence-corrected chi connectivity index (χ0v) is 10.2. The molecule has 0 aromatic heterocycles. The standard InChI is InChI=1S/C14H19NO/c1-12(2)16-14-9-7-13(8-10-14)6-4-5-11-15-3/h7-10,12,15H,5,11H2,1-3H3. The molecule has 0 spiro atoms. The van der Waals surface area contributed by atoms with Crippen LogP contribution in [0.1, 0.15) is 25.8 Å². The highest BCUT2D eigenvalue weighted by Crippen LogP contribution is 2.13. The minimum Gasteiger partial charge on any atom is -0.491 e. The second-order valence-corrected chi connectivity index (χ2v) is 3.85. The molecule has 2 heteroatoms. The first kappa shape index (κ1) is 12.6. The number of nitrogens with one attached hydrogen (secondary N) is 1. The number of rotatable bonds is 4. The number of hydrogen-bond donors (Lipinski definition) is 1. The molecule has 0 heterocycles. The van der Waals surface area contributed by atoms with Crippen molar-refractivity contribution >= 4 is 0 Å². The van der Waals surface area contributed by atoms with Crippen molar-refractivity contribution in [2.45, 2.75) is 26.4 Å². The Bertz CT molecular complexity index is 357. The first-order valence-electron chi connectivity index (χ1n) is 5.62. The maximum atomic E-state index is 5.55. The van der Waals surface area contributed by atoms with Crippen LogP contribution in [0, 0.1) is 11.8 Å². The van der Waals surface area contributed by atoms with Gasteiger partial charge in [0.05, 0.1) is 6.10 Å². The van der Waals surface area contributed by atoms with Crippen LogP contribution in [-0.4, -0.2) is 19.7 Å². The highest BCUT2D eigenvalue weighted by atomic mass is 16.5. The van der Waals surface area contributed by atoms with E-state index in [1.807, 2.05) is 45.2 Å². The lowest BCUT2D eigenvalue weighted by atomic mass is 10.2. The highest BCUT2D eigenvalue weighted by Gasteiger charge is 1.96. The van der Waals surface area contributed by atoms with Crippen LogP contribution in [0.25, 0.3) is 0 Å². The Balaban J connectivity index is 2.53. The lowest BCUT2D eigenvalue weighted by Gasteiger charge is -2.08. The van der Waals surface area contributed by atoms with Gasteiger partial charge in [0.25, 0.3) is 0 Å². The van der Waals surface area contributed by atoms with Crippen LogP contribution in [0.5, 0.6) is 5.75 Å². The van der Waals surface area contributed by atoms with Crippen molar-refractivity contribution in [3.05, 3.63) is 29.8 Å². The monoisotopic (exact) mass is 217 g/mol. The second-order valence-electron chi connectivity index (χ2n) is 3.85. The van der Waals surface area contributed by atoms with Crippen LogP contribution < -0.4 is 10.1 Å². The predicted molar refractivity (Wildman–Crippen MR) is 67.6 cm³/mol. The van der Waals surface area contributed by atoms with E-state index in [0.717, 1.165) is 24.3 Å². The van der Waals surface area contributed by atoms with Crippen LogP contribution in [-0.2, 0) is 0 Å². The molecule has 0 bridgehead atoms. The van der Waals surface area contributed by atoms with E-state index in [0.29, 0.717) is 0 Å². The Morgan fingerprint density at radius 2 is 1.94 bits per heavy atom. The van der Waals surface area contributed by atoms with E-state index in [1.54, 1.807) is 0 Å². The van der Waals surface area contributed by atoms with E-state index in [2.05, 4.69) is 17.2 Å². The number of hydrogen-bond acceptors (Lipinski definition) is 2. The molecule has 1 N–H and O–H groups in total. The van der Waals surface area contributed by atoms with E-state index < -0.39 is 0 Å². The van der Waals surface area contributed by atoms with Crippen molar-refractivity contribution in [2.75, 3.05) is 13.6 Å². The Hall–Kier alpha value is -1.46. The van der Waals surface area contributed by atoms with Gasteiger partial charge in [0.1, 0.15) is 5.75 Å². The molecule has 0 aliphatic heterocycles. The summed E-state index contributed by atoms with van der Waals surface area (Å²) in [4.78, 5) is 0. The molecule has 0 aliphatic rings. The zero-order valence-electron chi connectivity index (χ0n) is 10.2. The van der Waals surface area contributed by atoms with E-state index in [9.17, 15) is 0 Å². The Morgan fingerprint density at radius 1 is 1.25 bits per heavy atom.